The molecule has 1 fully saturated rings. The lowest BCUT2D eigenvalue weighted by Crippen LogP contribution is -2.46. The molecule has 0 spiro atoms. The van der Waals surface area contributed by atoms with Crippen LogP contribution >= 0.6 is 23.4 Å². The van der Waals surface area contributed by atoms with Gasteiger partial charge in [0, 0.05) is 89.8 Å². The number of sulfonamides is 1. The van der Waals surface area contributed by atoms with E-state index in [0.717, 1.165) is 73.1 Å². The van der Waals surface area contributed by atoms with Crippen LogP contribution < -0.4 is 14.9 Å². The van der Waals surface area contributed by atoms with Crippen molar-refractivity contribution in [2.75, 3.05) is 48.7 Å². The summed E-state index contributed by atoms with van der Waals surface area (Å²) >= 11 is 7.84. The maximum Gasteiger partial charge on any atom is 0.264 e. The summed E-state index contributed by atoms with van der Waals surface area (Å²) in [6.07, 6.45) is 3.74. The number of halogens is 1. The number of anilines is 2. The first-order valence-corrected chi connectivity index (χ1v) is 19.0. The number of aromatic nitrogens is 1. The van der Waals surface area contributed by atoms with Crippen molar-refractivity contribution in [1.29, 1.82) is 0 Å². The number of nitrogens with zero attached hydrogens (tertiary/aromatic N) is 3. The molecule has 1 aliphatic heterocycles. The summed E-state index contributed by atoms with van der Waals surface area (Å²) in [5.41, 5.74) is 6.32. The molecule has 49 heavy (non-hydrogen) atoms. The Labute approximate surface area is 297 Å². The maximum atomic E-state index is 13.1. The molecule has 11 heteroatoms. The third-order valence-corrected chi connectivity index (χ3v) is 11.1. The van der Waals surface area contributed by atoms with E-state index < -0.39 is 15.9 Å². The summed E-state index contributed by atoms with van der Waals surface area (Å²) in [6.45, 7) is 6.81. The van der Waals surface area contributed by atoms with E-state index >= 15 is 0 Å². The quantitative estimate of drug-likeness (QED) is 0.103. The lowest BCUT2D eigenvalue weighted by Gasteiger charge is -2.36. The zero-order valence-corrected chi connectivity index (χ0v) is 29.6. The SMILES string of the molecule is Cc1cc(S(=O)(=O)NC(=O)c2ccc(N3CCN(Cc4ccncc4-c4ccc(Cl)cc4)CC3)cc2)ccc1NCCSc1ccccc1. The standard InChI is InChI=1S/C38H38ClN5O3S2/c1-28-25-35(15-16-37(28)41-19-24-48-34-5-3-2-4-6-34)49(46,47)42-38(45)30-9-13-33(14-10-30)44-22-20-43(21-23-44)27-31-17-18-40-26-36(31)29-7-11-32(39)12-8-29/h2-18,25-26,41H,19-24,27H2,1H3,(H,42,45). The van der Waals surface area contributed by atoms with E-state index in [1.54, 1.807) is 36.0 Å². The molecule has 2 heterocycles. The van der Waals surface area contributed by atoms with Crippen LogP contribution in [0, 0.1) is 6.92 Å². The first kappa shape index (κ1) is 34.5. The van der Waals surface area contributed by atoms with Gasteiger partial charge in [0.2, 0.25) is 0 Å². The van der Waals surface area contributed by atoms with Gasteiger partial charge in [-0.3, -0.25) is 14.7 Å². The van der Waals surface area contributed by atoms with Crippen molar-refractivity contribution in [3.8, 4) is 11.1 Å². The second kappa shape index (κ2) is 15.9. The lowest BCUT2D eigenvalue weighted by atomic mass is 10.0. The van der Waals surface area contributed by atoms with Crippen molar-refractivity contribution in [3.63, 3.8) is 0 Å². The van der Waals surface area contributed by atoms with Crippen LogP contribution in [-0.2, 0) is 16.6 Å². The molecule has 0 aliphatic carbocycles. The average molecular weight is 712 g/mol. The fourth-order valence-electron chi connectivity index (χ4n) is 5.79. The number of piperazine rings is 1. The normalized spacial score (nSPS) is 13.6. The summed E-state index contributed by atoms with van der Waals surface area (Å²) in [6, 6.07) is 32.0. The second-order valence-electron chi connectivity index (χ2n) is 11.8. The summed E-state index contributed by atoms with van der Waals surface area (Å²) in [7, 11) is -4.05. The molecule has 1 aromatic heterocycles. The maximum absolute atomic E-state index is 13.1. The fourth-order valence-corrected chi connectivity index (χ4v) is 7.77. The van der Waals surface area contributed by atoms with Crippen molar-refractivity contribution in [2.24, 2.45) is 0 Å². The van der Waals surface area contributed by atoms with Crippen LogP contribution in [0.4, 0.5) is 11.4 Å². The number of carbonyl (C=O) groups excluding carboxylic acids is 1. The number of pyridine rings is 1. The van der Waals surface area contributed by atoms with Crippen molar-refractivity contribution in [3.05, 3.63) is 137 Å². The van der Waals surface area contributed by atoms with E-state index in [9.17, 15) is 13.2 Å². The summed E-state index contributed by atoms with van der Waals surface area (Å²) in [4.78, 5) is 23.3. The molecule has 1 amide bonds. The van der Waals surface area contributed by atoms with Gasteiger partial charge in [-0.25, -0.2) is 13.1 Å². The van der Waals surface area contributed by atoms with Crippen LogP contribution in [0.1, 0.15) is 21.5 Å². The smallest absolute Gasteiger partial charge is 0.264 e. The highest BCUT2D eigenvalue weighted by Gasteiger charge is 2.22. The topological polar surface area (TPSA) is 94.6 Å². The number of carbonyl (C=O) groups is 1. The minimum Gasteiger partial charge on any atom is -0.384 e. The fraction of sp³-hybridized carbons (Fsp3) is 0.211. The van der Waals surface area contributed by atoms with E-state index in [1.165, 1.54) is 16.5 Å². The Hall–Kier alpha value is -4.35. The summed E-state index contributed by atoms with van der Waals surface area (Å²) in [5.74, 6) is 0.205. The van der Waals surface area contributed by atoms with E-state index in [4.69, 9.17) is 11.6 Å². The van der Waals surface area contributed by atoms with E-state index in [1.807, 2.05) is 73.9 Å². The zero-order valence-electron chi connectivity index (χ0n) is 27.2. The molecule has 252 valence electrons. The Morgan fingerprint density at radius 1 is 0.898 bits per heavy atom. The molecular formula is C38H38ClN5O3S2. The third-order valence-electron chi connectivity index (χ3n) is 8.49. The minimum absolute atomic E-state index is 0.0455. The first-order valence-electron chi connectivity index (χ1n) is 16.1. The number of hydrogen-bond acceptors (Lipinski definition) is 8. The van der Waals surface area contributed by atoms with Gasteiger partial charge in [0.25, 0.3) is 15.9 Å². The monoisotopic (exact) mass is 711 g/mol. The van der Waals surface area contributed by atoms with Crippen molar-refractivity contribution >= 4 is 50.7 Å². The molecule has 5 aromatic rings. The molecule has 4 aromatic carbocycles. The van der Waals surface area contributed by atoms with Crippen LogP contribution in [0.5, 0.6) is 0 Å². The average Bonchev–Trinajstić information content (AvgIpc) is 3.12. The van der Waals surface area contributed by atoms with E-state index in [-0.39, 0.29) is 10.5 Å². The number of amides is 1. The summed E-state index contributed by atoms with van der Waals surface area (Å²) in [5, 5.41) is 4.07. The van der Waals surface area contributed by atoms with Crippen molar-refractivity contribution in [1.82, 2.24) is 14.6 Å². The Morgan fingerprint density at radius 3 is 2.35 bits per heavy atom. The number of benzene rings is 4. The van der Waals surface area contributed by atoms with Gasteiger partial charge in [-0.05, 0) is 96.4 Å². The van der Waals surface area contributed by atoms with Crippen LogP contribution in [-0.4, -0.2) is 62.7 Å². The highest BCUT2D eigenvalue weighted by atomic mass is 35.5. The predicted octanol–water partition coefficient (Wildman–Crippen LogP) is 7.36. The number of nitrogens with one attached hydrogen (secondary N) is 2. The molecule has 6 rings (SSSR count). The van der Waals surface area contributed by atoms with Gasteiger partial charge in [0.05, 0.1) is 4.90 Å². The van der Waals surface area contributed by atoms with Crippen molar-refractivity contribution in [2.45, 2.75) is 23.3 Å². The molecule has 1 aliphatic rings. The van der Waals surface area contributed by atoms with Crippen molar-refractivity contribution < 1.29 is 13.2 Å². The van der Waals surface area contributed by atoms with Gasteiger partial charge >= 0.3 is 0 Å². The third kappa shape index (κ3) is 9.01. The second-order valence-corrected chi connectivity index (χ2v) is 15.1. The van der Waals surface area contributed by atoms with Crippen LogP contribution in [0.15, 0.2) is 125 Å². The molecule has 0 radical (unpaired) electrons. The molecule has 0 saturated carbocycles. The number of rotatable bonds is 12. The lowest BCUT2D eigenvalue weighted by molar-refractivity contribution is 0.0981. The van der Waals surface area contributed by atoms with Crippen LogP contribution in [0.3, 0.4) is 0 Å². The van der Waals surface area contributed by atoms with E-state index in [2.05, 4.69) is 43.0 Å². The molecular weight excluding hydrogens is 674 g/mol. The highest BCUT2D eigenvalue weighted by Crippen LogP contribution is 2.27. The van der Waals surface area contributed by atoms with Gasteiger partial charge < -0.3 is 10.2 Å². The molecule has 0 unspecified atom stereocenters. The number of thioether (sulfide) groups is 1. The van der Waals surface area contributed by atoms with Crippen LogP contribution in [0.2, 0.25) is 5.02 Å². The summed E-state index contributed by atoms with van der Waals surface area (Å²) < 4.78 is 28.5. The van der Waals surface area contributed by atoms with Gasteiger partial charge in [0.15, 0.2) is 0 Å². The Kier molecular flexibility index (Phi) is 11.2. The molecule has 1 saturated heterocycles. The largest absolute Gasteiger partial charge is 0.384 e. The number of hydrogen-bond donors (Lipinski definition) is 2. The highest BCUT2D eigenvalue weighted by molar-refractivity contribution is 7.99. The Morgan fingerprint density at radius 2 is 1.63 bits per heavy atom. The van der Waals surface area contributed by atoms with Gasteiger partial charge in [-0.1, -0.05) is 41.9 Å². The van der Waals surface area contributed by atoms with Gasteiger partial charge in [-0.2, -0.15) is 0 Å². The Balaban J connectivity index is 0.996. The van der Waals surface area contributed by atoms with Crippen LogP contribution in [0.25, 0.3) is 11.1 Å². The molecule has 0 bridgehead atoms. The molecule has 8 nitrogen and oxygen atoms in total. The van der Waals surface area contributed by atoms with Gasteiger partial charge in [-0.15, -0.1) is 11.8 Å². The first-order chi connectivity index (χ1) is 23.7. The van der Waals surface area contributed by atoms with E-state index in [0.29, 0.717) is 5.02 Å². The Bertz CT molecular complexity index is 1990. The zero-order chi connectivity index (χ0) is 34.2. The predicted molar refractivity (Wildman–Crippen MR) is 200 cm³/mol. The number of aryl methyl sites for hydroxylation is 1. The molecule has 0 atom stereocenters. The molecule has 2 N–H and O–H groups in total. The van der Waals surface area contributed by atoms with Gasteiger partial charge in [0.1, 0.15) is 0 Å². The minimum atomic E-state index is -4.05.